The molecule has 0 saturated carbocycles. The van der Waals surface area contributed by atoms with Crippen LogP contribution in [-0.2, 0) is 17.8 Å². The lowest BCUT2D eigenvalue weighted by Crippen LogP contribution is -2.47. The van der Waals surface area contributed by atoms with E-state index in [9.17, 15) is 4.79 Å². The van der Waals surface area contributed by atoms with E-state index < -0.39 is 0 Å². The summed E-state index contributed by atoms with van der Waals surface area (Å²) in [5, 5.41) is 1.18. The Morgan fingerprint density at radius 3 is 2.69 bits per heavy atom. The Balaban J connectivity index is 1.15. The summed E-state index contributed by atoms with van der Waals surface area (Å²) < 4.78 is 9.32. The Hall–Kier alpha value is -2.06. The van der Waals surface area contributed by atoms with Crippen molar-refractivity contribution in [1.29, 1.82) is 0 Å². The predicted octanol–water partition coefficient (Wildman–Crippen LogP) is 3.89. The number of rotatable bonds is 7. The van der Waals surface area contributed by atoms with E-state index >= 15 is 0 Å². The van der Waals surface area contributed by atoms with Crippen molar-refractivity contribution < 1.29 is 9.53 Å². The van der Waals surface area contributed by atoms with Gasteiger partial charge in [-0.1, -0.05) is 12.1 Å². The van der Waals surface area contributed by atoms with Gasteiger partial charge in [0.25, 0.3) is 0 Å². The molecule has 2 aliphatic heterocycles. The number of ketones is 1. The van der Waals surface area contributed by atoms with Crippen molar-refractivity contribution in [3.63, 3.8) is 0 Å². The van der Waals surface area contributed by atoms with Crippen LogP contribution in [0.4, 0.5) is 0 Å². The highest BCUT2D eigenvalue weighted by Crippen LogP contribution is 2.24. The van der Waals surface area contributed by atoms with Gasteiger partial charge in [-0.2, -0.15) is 0 Å². The third kappa shape index (κ3) is 4.66. The minimum atomic E-state index is 0.233. The highest BCUT2D eigenvalue weighted by Gasteiger charge is 2.24. The maximum atomic E-state index is 13.1. The number of carbonyl (C=O) groups excluding carboxylic acids is 1. The minimum Gasteiger partial charge on any atom is -0.376 e. The molecule has 0 N–H and O–H groups in total. The van der Waals surface area contributed by atoms with Gasteiger partial charge in [0.2, 0.25) is 0 Å². The number of ether oxygens (including phenoxy) is 1. The minimum absolute atomic E-state index is 0.233. The number of piperazine rings is 1. The predicted molar refractivity (Wildman–Crippen MR) is 129 cm³/mol. The summed E-state index contributed by atoms with van der Waals surface area (Å²) in [6.45, 7) is 11.1. The molecule has 0 bridgehead atoms. The fourth-order valence-electron chi connectivity index (χ4n) is 4.93. The molecular formula is C25H32N4O2S. The van der Waals surface area contributed by atoms with Crippen LogP contribution in [0, 0.1) is 13.8 Å². The lowest BCUT2D eigenvalue weighted by atomic mass is 10.1. The second kappa shape index (κ2) is 9.43. The van der Waals surface area contributed by atoms with E-state index in [2.05, 4.69) is 52.5 Å². The summed E-state index contributed by atoms with van der Waals surface area (Å²) in [5.41, 5.74) is 4.20. The molecule has 0 radical (unpaired) electrons. The maximum Gasteiger partial charge on any atom is 0.178 e. The van der Waals surface area contributed by atoms with Gasteiger partial charge in [0, 0.05) is 56.3 Å². The molecule has 4 heterocycles. The van der Waals surface area contributed by atoms with Gasteiger partial charge in [-0.3, -0.25) is 14.6 Å². The van der Waals surface area contributed by atoms with Crippen molar-refractivity contribution in [1.82, 2.24) is 19.4 Å². The Morgan fingerprint density at radius 2 is 1.94 bits per heavy atom. The van der Waals surface area contributed by atoms with E-state index in [4.69, 9.17) is 9.72 Å². The number of para-hydroxylation sites is 1. The third-order valence-electron chi connectivity index (χ3n) is 6.81. The number of benzene rings is 1. The molecule has 2 saturated heterocycles. The summed E-state index contributed by atoms with van der Waals surface area (Å²) in [5.74, 6) is 0.233. The van der Waals surface area contributed by atoms with Gasteiger partial charge >= 0.3 is 0 Å². The smallest absolute Gasteiger partial charge is 0.178 e. The summed E-state index contributed by atoms with van der Waals surface area (Å²) in [6.07, 6.45) is 2.54. The molecule has 2 aromatic heterocycles. The molecule has 2 aliphatic rings. The van der Waals surface area contributed by atoms with E-state index in [0.717, 1.165) is 81.2 Å². The van der Waals surface area contributed by atoms with Crippen molar-refractivity contribution >= 4 is 27.3 Å². The van der Waals surface area contributed by atoms with Crippen molar-refractivity contribution in [2.45, 2.75) is 45.9 Å². The average molecular weight is 453 g/mol. The van der Waals surface area contributed by atoms with Crippen LogP contribution in [0.15, 0.2) is 30.3 Å². The monoisotopic (exact) mass is 452 g/mol. The van der Waals surface area contributed by atoms with Crippen LogP contribution in [0.2, 0.25) is 0 Å². The van der Waals surface area contributed by atoms with Crippen LogP contribution in [-0.4, -0.2) is 70.6 Å². The fraction of sp³-hybridized carbons (Fsp3) is 0.520. The first-order valence-electron chi connectivity index (χ1n) is 11.7. The van der Waals surface area contributed by atoms with Gasteiger partial charge in [-0.25, -0.2) is 4.98 Å². The van der Waals surface area contributed by atoms with E-state index in [-0.39, 0.29) is 11.9 Å². The number of Topliss-reactive ketones (excluding diaryl/α,β-unsaturated/α-hetero) is 1. The Bertz CT molecular complexity index is 1060. The molecule has 5 rings (SSSR count). The molecule has 0 spiro atoms. The molecule has 170 valence electrons. The molecular weight excluding hydrogens is 420 g/mol. The molecule has 6 nitrogen and oxygen atoms in total. The second-order valence-corrected chi connectivity index (χ2v) is 10.2. The molecule has 2 fully saturated rings. The maximum absolute atomic E-state index is 13.1. The van der Waals surface area contributed by atoms with Crippen LogP contribution in [0.25, 0.3) is 10.2 Å². The Labute approximate surface area is 193 Å². The zero-order valence-electron chi connectivity index (χ0n) is 19.0. The van der Waals surface area contributed by atoms with Crippen molar-refractivity contribution in [2.24, 2.45) is 0 Å². The van der Waals surface area contributed by atoms with Crippen LogP contribution in [0.3, 0.4) is 0 Å². The molecule has 0 aliphatic carbocycles. The highest BCUT2D eigenvalue weighted by molar-refractivity contribution is 7.18. The number of thiazole rings is 1. The first kappa shape index (κ1) is 21.8. The summed E-state index contributed by atoms with van der Waals surface area (Å²) in [4.78, 5) is 22.6. The quantitative estimate of drug-likeness (QED) is 0.509. The van der Waals surface area contributed by atoms with Gasteiger partial charge in [0.05, 0.1) is 29.4 Å². The summed E-state index contributed by atoms with van der Waals surface area (Å²) >= 11 is 1.78. The number of aryl methyl sites for hydroxylation is 1. The standard InChI is InChI=1S/C25H32N4O2S/c1-18-14-21(19(2)29(18)15-20-6-5-13-31-20)23(30)16-27-9-11-28(12-10-27)17-25-26-22-7-3-4-8-24(22)32-25/h3-4,7-8,14,20H,5-6,9-13,15-17H2,1-2H3/t20-/m0/s1. The molecule has 1 atom stereocenters. The van der Waals surface area contributed by atoms with E-state index in [1.54, 1.807) is 11.3 Å². The molecule has 0 unspecified atom stereocenters. The second-order valence-electron chi connectivity index (χ2n) is 9.08. The molecule has 32 heavy (non-hydrogen) atoms. The van der Waals surface area contributed by atoms with E-state index in [1.807, 2.05) is 6.07 Å². The summed E-state index contributed by atoms with van der Waals surface area (Å²) in [7, 11) is 0. The molecule has 1 aromatic carbocycles. The van der Waals surface area contributed by atoms with Crippen molar-refractivity contribution in [3.8, 4) is 0 Å². The van der Waals surface area contributed by atoms with E-state index in [1.165, 1.54) is 9.71 Å². The number of fused-ring (bicyclic) bond motifs is 1. The van der Waals surface area contributed by atoms with Gasteiger partial charge in [-0.15, -0.1) is 11.3 Å². The number of hydrogen-bond acceptors (Lipinski definition) is 6. The number of aromatic nitrogens is 2. The topological polar surface area (TPSA) is 50.6 Å². The molecule has 7 heteroatoms. The molecule has 0 amide bonds. The van der Waals surface area contributed by atoms with Crippen molar-refractivity contribution in [2.75, 3.05) is 39.3 Å². The first-order valence-corrected chi connectivity index (χ1v) is 12.5. The number of nitrogens with zero attached hydrogens (tertiary/aromatic N) is 4. The average Bonchev–Trinajstić information content (AvgIpc) is 3.51. The Morgan fingerprint density at radius 1 is 1.16 bits per heavy atom. The number of hydrogen-bond donors (Lipinski definition) is 0. The third-order valence-corrected chi connectivity index (χ3v) is 7.83. The van der Waals surface area contributed by atoms with Crippen LogP contribution in [0.5, 0.6) is 0 Å². The lowest BCUT2D eigenvalue weighted by molar-refractivity contribution is 0.0841. The SMILES string of the molecule is Cc1cc(C(=O)CN2CCN(Cc3nc4ccccc4s3)CC2)c(C)n1C[C@@H]1CCCO1. The first-order chi connectivity index (χ1) is 15.6. The number of carbonyl (C=O) groups is 1. The van der Waals surface area contributed by atoms with Crippen LogP contribution >= 0.6 is 11.3 Å². The normalized spacial score (nSPS) is 20.4. The van der Waals surface area contributed by atoms with E-state index in [0.29, 0.717) is 6.54 Å². The van der Waals surface area contributed by atoms with Crippen LogP contribution in [0.1, 0.15) is 39.6 Å². The van der Waals surface area contributed by atoms with Crippen molar-refractivity contribution in [3.05, 3.63) is 52.3 Å². The zero-order chi connectivity index (χ0) is 22.1. The van der Waals surface area contributed by atoms with Gasteiger partial charge < -0.3 is 9.30 Å². The fourth-order valence-corrected chi connectivity index (χ4v) is 5.94. The van der Waals surface area contributed by atoms with Gasteiger partial charge in [0.15, 0.2) is 5.78 Å². The molecule has 3 aromatic rings. The lowest BCUT2D eigenvalue weighted by Gasteiger charge is -2.33. The highest BCUT2D eigenvalue weighted by atomic mass is 32.1. The largest absolute Gasteiger partial charge is 0.376 e. The van der Waals surface area contributed by atoms with Gasteiger partial charge in [0.1, 0.15) is 5.01 Å². The van der Waals surface area contributed by atoms with Gasteiger partial charge in [-0.05, 0) is 44.9 Å². The van der Waals surface area contributed by atoms with Crippen LogP contribution < -0.4 is 0 Å². The Kier molecular flexibility index (Phi) is 6.42. The zero-order valence-corrected chi connectivity index (χ0v) is 19.9. The summed E-state index contributed by atoms with van der Waals surface area (Å²) in [6, 6.07) is 10.4.